The standard InChI is InChI=1S/C46H39N/c1-3-10-33(11-4-1)34-18-20-35(21-19-34)36-22-24-40(25-23-36)47(39-12-5-2-6-13-39)44-17-9-16-43-45(44)41-14-7-8-15-42(41)46(43)37-27-31-26-32(29-37)30-38(46)28-31/h1-25,31-32,37-38H,26-30H2. The van der Waals surface area contributed by atoms with Gasteiger partial charge in [0, 0.05) is 22.4 Å². The summed E-state index contributed by atoms with van der Waals surface area (Å²) >= 11 is 0. The fraction of sp³-hybridized carbons (Fsp3) is 0.217. The molecule has 4 fully saturated rings. The fourth-order valence-corrected chi connectivity index (χ4v) is 10.7. The van der Waals surface area contributed by atoms with Gasteiger partial charge >= 0.3 is 0 Å². The first-order chi connectivity index (χ1) is 23.3. The van der Waals surface area contributed by atoms with Crippen LogP contribution in [-0.4, -0.2) is 0 Å². The first-order valence-electron chi connectivity index (χ1n) is 17.6. The molecule has 0 saturated heterocycles. The fourth-order valence-electron chi connectivity index (χ4n) is 10.7. The normalized spacial score (nSPS) is 24.7. The minimum atomic E-state index is 0.160. The van der Waals surface area contributed by atoms with Gasteiger partial charge in [0.15, 0.2) is 0 Å². The van der Waals surface area contributed by atoms with Crippen LogP contribution in [0.4, 0.5) is 17.1 Å². The van der Waals surface area contributed by atoms with Crippen LogP contribution in [0.1, 0.15) is 43.2 Å². The second-order valence-electron chi connectivity index (χ2n) is 14.6. The summed E-state index contributed by atoms with van der Waals surface area (Å²) in [5, 5.41) is 0. The lowest BCUT2D eigenvalue weighted by Gasteiger charge is -2.61. The van der Waals surface area contributed by atoms with Crippen molar-refractivity contribution >= 4 is 17.1 Å². The average Bonchev–Trinajstić information content (AvgIpc) is 3.43. The van der Waals surface area contributed by atoms with E-state index < -0.39 is 0 Å². The number of nitrogens with zero attached hydrogens (tertiary/aromatic N) is 1. The molecule has 228 valence electrons. The average molecular weight is 606 g/mol. The zero-order valence-electron chi connectivity index (χ0n) is 26.7. The molecule has 5 aliphatic carbocycles. The van der Waals surface area contributed by atoms with Crippen molar-refractivity contribution in [2.75, 3.05) is 4.90 Å². The number of fused-ring (bicyclic) bond motifs is 3. The van der Waals surface area contributed by atoms with Gasteiger partial charge in [-0.15, -0.1) is 0 Å². The summed E-state index contributed by atoms with van der Waals surface area (Å²) in [6.45, 7) is 0. The second-order valence-corrected chi connectivity index (χ2v) is 14.6. The van der Waals surface area contributed by atoms with Gasteiger partial charge in [-0.2, -0.15) is 0 Å². The Balaban J connectivity index is 1.09. The summed E-state index contributed by atoms with van der Waals surface area (Å²) in [7, 11) is 0. The molecule has 0 amide bonds. The summed E-state index contributed by atoms with van der Waals surface area (Å²) in [6, 6.07) is 56.5. The van der Waals surface area contributed by atoms with Crippen molar-refractivity contribution in [1.29, 1.82) is 0 Å². The number of para-hydroxylation sites is 1. The molecule has 6 aromatic rings. The number of anilines is 3. The maximum Gasteiger partial charge on any atom is 0.0543 e. The zero-order valence-corrected chi connectivity index (χ0v) is 26.7. The van der Waals surface area contributed by atoms with E-state index in [-0.39, 0.29) is 5.41 Å². The third kappa shape index (κ3) is 4.08. The predicted molar refractivity (Wildman–Crippen MR) is 195 cm³/mol. The van der Waals surface area contributed by atoms with E-state index in [4.69, 9.17) is 0 Å². The van der Waals surface area contributed by atoms with Crippen molar-refractivity contribution in [1.82, 2.24) is 0 Å². The zero-order chi connectivity index (χ0) is 31.0. The largest absolute Gasteiger partial charge is 0.310 e. The van der Waals surface area contributed by atoms with Gasteiger partial charge in [0.2, 0.25) is 0 Å². The van der Waals surface area contributed by atoms with Crippen molar-refractivity contribution < 1.29 is 0 Å². The van der Waals surface area contributed by atoms with Crippen LogP contribution in [0.2, 0.25) is 0 Å². The topological polar surface area (TPSA) is 3.24 Å². The highest BCUT2D eigenvalue weighted by Gasteiger charge is 2.61. The Labute approximate surface area is 278 Å². The monoisotopic (exact) mass is 605 g/mol. The predicted octanol–water partition coefficient (Wildman–Crippen LogP) is 12.2. The number of benzene rings is 6. The first-order valence-corrected chi connectivity index (χ1v) is 17.6. The molecule has 1 nitrogen and oxygen atoms in total. The Morgan fingerprint density at radius 1 is 0.404 bits per heavy atom. The molecule has 6 aromatic carbocycles. The lowest BCUT2D eigenvalue weighted by molar-refractivity contribution is -0.0399. The Hall–Kier alpha value is -4.88. The summed E-state index contributed by atoms with van der Waals surface area (Å²) in [5.74, 6) is 3.40. The molecule has 0 atom stereocenters. The van der Waals surface area contributed by atoms with Gasteiger partial charge in [-0.05, 0) is 125 Å². The van der Waals surface area contributed by atoms with Crippen molar-refractivity contribution in [2.45, 2.75) is 37.5 Å². The highest BCUT2D eigenvalue weighted by Crippen LogP contribution is 2.70. The molecule has 11 rings (SSSR count). The van der Waals surface area contributed by atoms with Gasteiger partial charge in [0.25, 0.3) is 0 Å². The van der Waals surface area contributed by atoms with E-state index in [1.165, 1.54) is 82.5 Å². The van der Waals surface area contributed by atoms with E-state index in [0.717, 1.165) is 23.7 Å². The van der Waals surface area contributed by atoms with Crippen molar-refractivity contribution in [3.63, 3.8) is 0 Å². The van der Waals surface area contributed by atoms with Crippen molar-refractivity contribution in [3.05, 3.63) is 163 Å². The number of rotatable bonds is 5. The lowest BCUT2D eigenvalue weighted by Crippen LogP contribution is -2.55. The van der Waals surface area contributed by atoms with Gasteiger partial charge in [0.05, 0.1) is 5.69 Å². The number of hydrogen-bond donors (Lipinski definition) is 0. The Bertz CT molecular complexity index is 2050. The maximum atomic E-state index is 2.51. The summed E-state index contributed by atoms with van der Waals surface area (Å²) in [6.07, 6.45) is 7.09. The molecule has 0 aromatic heterocycles. The maximum absolute atomic E-state index is 2.51. The molecule has 0 radical (unpaired) electrons. The smallest absolute Gasteiger partial charge is 0.0543 e. The van der Waals surface area contributed by atoms with E-state index in [1.54, 1.807) is 11.1 Å². The van der Waals surface area contributed by atoms with Crippen LogP contribution in [0.15, 0.2) is 152 Å². The van der Waals surface area contributed by atoms with Gasteiger partial charge in [-0.1, -0.05) is 121 Å². The Morgan fingerprint density at radius 3 is 1.53 bits per heavy atom. The van der Waals surface area contributed by atoms with Crippen LogP contribution in [0.3, 0.4) is 0 Å². The lowest BCUT2D eigenvalue weighted by atomic mass is 9.43. The van der Waals surface area contributed by atoms with E-state index in [9.17, 15) is 0 Å². The van der Waals surface area contributed by atoms with E-state index in [2.05, 4.69) is 157 Å². The molecule has 0 unspecified atom stereocenters. The molecule has 5 aliphatic rings. The first kappa shape index (κ1) is 27.3. The SMILES string of the molecule is c1ccc(-c2ccc(-c3ccc(N(c4ccccc4)c4cccc5c4-c4ccccc4C54C5CC6CC(C5)CC4C6)cc3)cc2)cc1. The van der Waals surface area contributed by atoms with Crippen LogP contribution < -0.4 is 4.90 Å². The molecule has 0 aliphatic heterocycles. The Kier molecular flexibility index (Phi) is 6.13. The molecular weight excluding hydrogens is 567 g/mol. The van der Waals surface area contributed by atoms with Gasteiger partial charge < -0.3 is 4.90 Å². The molecule has 0 N–H and O–H groups in total. The highest BCUT2D eigenvalue weighted by molar-refractivity contribution is 5.95. The van der Waals surface area contributed by atoms with Crippen LogP contribution in [0.25, 0.3) is 33.4 Å². The summed E-state index contributed by atoms with van der Waals surface area (Å²) in [5.41, 5.74) is 14.9. The molecule has 0 heterocycles. The van der Waals surface area contributed by atoms with Crippen molar-refractivity contribution in [2.24, 2.45) is 23.7 Å². The quantitative estimate of drug-likeness (QED) is 0.189. The van der Waals surface area contributed by atoms with E-state index in [0.29, 0.717) is 0 Å². The third-order valence-electron chi connectivity index (χ3n) is 12.3. The Morgan fingerprint density at radius 2 is 0.894 bits per heavy atom. The second kappa shape index (κ2) is 10.6. The highest BCUT2D eigenvalue weighted by atomic mass is 15.1. The van der Waals surface area contributed by atoms with E-state index >= 15 is 0 Å². The molecule has 4 bridgehead atoms. The minimum Gasteiger partial charge on any atom is -0.310 e. The van der Waals surface area contributed by atoms with Gasteiger partial charge in [-0.3, -0.25) is 0 Å². The van der Waals surface area contributed by atoms with Crippen molar-refractivity contribution in [3.8, 4) is 33.4 Å². The molecule has 4 saturated carbocycles. The van der Waals surface area contributed by atoms with Crippen LogP contribution in [-0.2, 0) is 5.41 Å². The number of hydrogen-bond acceptors (Lipinski definition) is 1. The van der Waals surface area contributed by atoms with E-state index in [1.807, 2.05) is 0 Å². The summed E-state index contributed by atoms with van der Waals surface area (Å²) in [4.78, 5) is 2.51. The molecule has 47 heavy (non-hydrogen) atoms. The van der Waals surface area contributed by atoms with Gasteiger partial charge in [-0.25, -0.2) is 0 Å². The third-order valence-corrected chi connectivity index (χ3v) is 12.3. The van der Waals surface area contributed by atoms with Crippen LogP contribution in [0, 0.1) is 23.7 Å². The minimum absolute atomic E-state index is 0.160. The summed E-state index contributed by atoms with van der Waals surface area (Å²) < 4.78 is 0. The molecular formula is C46H39N. The molecule has 1 spiro atoms. The van der Waals surface area contributed by atoms with Crippen LogP contribution in [0.5, 0.6) is 0 Å². The van der Waals surface area contributed by atoms with Gasteiger partial charge in [0.1, 0.15) is 0 Å². The van der Waals surface area contributed by atoms with Crippen LogP contribution >= 0.6 is 0 Å². The molecule has 1 heteroatoms.